The van der Waals surface area contributed by atoms with E-state index in [1.165, 1.54) is 12.0 Å². The summed E-state index contributed by atoms with van der Waals surface area (Å²) >= 11 is 0. The molecule has 0 aromatic heterocycles. The number of hydrogen-bond acceptors (Lipinski definition) is 3. The average molecular weight is 301 g/mol. The number of benzene rings is 1. The Morgan fingerprint density at radius 2 is 2.09 bits per heavy atom. The molecule has 2 fully saturated rings. The second kappa shape index (κ2) is 7.25. The standard InChI is InChI=1S/C18H27N3O/c1-15(16-6-3-2-4-7-16)13-20-10-5-8-17(14-20)21-11-9-19-12-18(21)22/h2-4,6-7,15,17,19H,5,8-14H2,1H3. The number of likely N-dealkylation sites (tertiary alicyclic amines) is 1. The van der Waals surface area contributed by atoms with E-state index in [4.69, 9.17) is 0 Å². The molecule has 2 aliphatic heterocycles. The van der Waals surface area contributed by atoms with Gasteiger partial charge in [0.15, 0.2) is 0 Å². The minimum atomic E-state index is 0.272. The maximum Gasteiger partial charge on any atom is 0.236 e. The Morgan fingerprint density at radius 3 is 2.86 bits per heavy atom. The lowest BCUT2D eigenvalue weighted by atomic mass is 9.97. The summed E-state index contributed by atoms with van der Waals surface area (Å²) in [5, 5.41) is 3.16. The topological polar surface area (TPSA) is 35.6 Å². The average Bonchev–Trinajstić information content (AvgIpc) is 2.56. The molecule has 1 aromatic carbocycles. The summed E-state index contributed by atoms with van der Waals surface area (Å²) in [5.74, 6) is 0.813. The van der Waals surface area contributed by atoms with Gasteiger partial charge in [-0.25, -0.2) is 0 Å². The van der Waals surface area contributed by atoms with Crippen molar-refractivity contribution >= 4 is 5.91 Å². The van der Waals surface area contributed by atoms with Crippen molar-refractivity contribution in [1.82, 2.24) is 15.1 Å². The number of rotatable bonds is 4. The first kappa shape index (κ1) is 15.5. The van der Waals surface area contributed by atoms with Crippen molar-refractivity contribution in [3.05, 3.63) is 35.9 Å². The van der Waals surface area contributed by atoms with Gasteiger partial charge in [-0.2, -0.15) is 0 Å². The van der Waals surface area contributed by atoms with E-state index in [2.05, 4.69) is 52.4 Å². The number of hydrogen-bond donors (Lipinski definition) is 1. The van der Waals surface area contributed by atoms with E-state index in [-0.39, 0.29) is 5.91 Å². The Hall–Kier alpha value is -1.39. The van der Waals surface area contributed by atoms with Crippen LogP contribution < -0.4 is 5.32 Å². The van der Waals surface area contributed by atoms with Crippen LogP contribution in [0.3, 0.4) is 0 Å². The first-order chi connectivity index (χ1) is 10.7. The number of nitrogens with one attached hydrogen (secondary N) is 1. The largest absolute Gasteiger partial charge is 0.336 e. The van der Waals surface area contributed by atoms with E-state index in [9.17, 15) is 4.79 Å². The third-order valence-electron chi connectivity index (χ3n) is 4.95. The molecule has 22 heavy (non-hydrogen) atoms. The fraction of sp³-hybridized carbons (Fsp3) is 0.611. The van der Waals surface area contributed by atoms with Crippen molar-refractivity contribution in [1.29, 1.82) is 0 Å². The fourth-order valence-electron chi connectivity index (χ4n) is 3.73. The van der Waals surface area contributed by atoms with Crippen LogP contribution in [-0.4, -0.2) is 61.0 Å². The molecular formula is C18H27N3O. The van der Waals surface area contributed by atoms with Crippen LogP contribution in [0.4, 0.5) is 0 Å². The van der Waals surface area contributed by atoms with Crippen LogP contribution in [0.2, 0.25) is 0 Å². The van der Waals surface area contributed by atoms with Crippen LogP contribution in [0.1, 0.15) is 31.2 Å². The second-order valence-corrected chi connectivity index (χ2v) is 6.63. The zero-order chi connectivity index (χ0) is 15.4. The highest BCUT2D eigenvalue weighted by Crippen LogP contribution is 2.21. The minimum Gasteiger partial charge on any atom is -0.336 e. The summed E-state index contributed by atoms with van der Waals surface area (Å²) in [5.41, 5.74) is 1.41. The van der Waals surface area contributed by atoms with E-state index in [1.54, 1.807) is 0 Å². The van der Waals surface area contributed by atoms with Gasteiger partial charge in [-0.15, -0.1) is 0 Å². The summed E-state index contributed by atoms with van der Waals surface area (Å²) in [6, 6.07) is 11.1. The molecule has 1 aromatic rings. The lowest BCUT2D eigenvalue weighted by Crippen LogP contribution is -2.57. The van der Waals surface area contributed by atoms with Crippen LogP contribution in [0.25, 0.3) is 0 Å². The third kappa shape index (κ3) is 3.68. The molecule has 0 aliphatic carbocycles. The van der Waals surface area contributed by atoms with Crippen LogP contribution in [0.15, 0.2) is 30.3 Å². The van der Waals surface area contributed by atoms with Crippen molar-refractivity contribution in [2.75, 3.05) is 39.3 Å². The number of amides is 1. The Kier molecular flexibility index (Phi) is 5.11. The molecule has 120 valence electrons. The molecule has 0 bridgehead atoms. The number of carbonyl (C=O) groups excluding carboxylic acids is 1. The quantitative estimate of drug-likeness (QED) is 0.919. The molecule has 2 aliphatic rings. The molecule has 1 N–H and O–H groups in total. The summed E-state index contributed by atoms with van der Waals surface area (Å²) in [4.78, 5) is 16.7. The molecule has 2 unspecified atom stereocenters. The molecule has 2 heterocycles. The van der Waals surface area contributed by atoms with Gasteiger partial charge >= 0.3 is 0 Å². The summed E-state index contributed by atoms with van der Waals surface area (Å²) in [6.45, 7) is 7.89. The van der Waals surface area contributed by atoms with Crippen molar-refractivity contribution in [3.8, 4) is 0 Å². The van der Waals surface area contributed by atoms with Crippen LogP contribution in [0.5, 0.6) is 0 Å². The Morgan fingerprint density at radius 1 is 1.27 bits per heavy atom. The summed E-state index contributed by atoms with van der Waals surface area (Å²) in [7, 11) is 0. The minimum absolute atomic E-state index is 0.272. The van der Waals surface area contributed by atoms with Gasteiger partial charge in [0, 0.05) is 32.2 Å². The Balaban J connectivity index is 1.57. The number of piperazine rings is 1. The van der Waals surface area contributed by atoms with E-state index in [0.29, 0.717) is 18.5 Å². The lowest BCUT2D eigenvalue weighted by molar-refractivity contribution is -0.135. The first-order valence-electron chi connectivity index (χ1n) is 8.51. The van der Waals surface area contributed by atoms with Crippen molar-refractivity contribution in [2.45, 2.75) is 31.7 Å². The molecule has 2 saturated heterocycles. The van der Waals surface area contributed by atoms with Gasteiger partial charge in [-0.05, 0) is 30.9 Å². The SMILES string of the molecule is CC(CN1CCCC(N2CCNCC2=O)C1)c1ccccc1. The van der Waals surface area contributed by atoms with Gasteiger partial charge in [0.05, 0.1) is 6.54 Å². The monoisotopic (exact) mass is 301 g/mol. The maximum atomic E-state index is 12.1. The summed E-state index contributed by atoms with van der Waals surface area (Å²) < 4.78 is 0. The van der Waals surface area contributed by atoms with Crippen molar-refractivity contribution < 1.29 is 4.79 Å². The highest BCUT2D eigenvalue weighted by atomic mass is 16.2. The predicted molar refractivity (Wildman–Crippen MR) is 88.9 cm³/mol. The predicted octanol–water partition coefficient (Wildman–Crippen LogP) is 1.69. The van der Waals surface area contributed by atoms with Crippen molar-refractivity contribution in [3.63, 3.8) is 0 Å². The first-order valence-corrected chi connectivity index (χ1v) is 8.51. The third-order valence-corrected chi connectivity index (χ3v) is 4.95. The normalized spacial score (nSPS) is 25.2. The molecule has 0 radical (unpaired) electrons. The highest BCUT2D eigenvalue weighted by Gasteiger charge is 2.30. The van der Waals surface area contributed by atoms with E-state index >= 15 is 0 Å². The molecule has 0 spiro atoms. The molecular weight excluding hydrogens is 274 g/mol. The van der Waals surface area contributed by atoms with Crippen LogP contribution >= 0.6 is 0 Å². The van der Waals surface area contributed by atoms with Gasteiger partial charge < -0.3 is 15.1 Å². The van der Waals surface area contributed by atoms with Gasteiger partial charge in [0.25, 0.3) is 0 Å². The van der Waals surface area contributed by atoms with E-state index in [1.807, 2.05) is 0 Å². The van der Waals surface area contributed by atoms with Gasteiger partial charge in [0.1, 0.15) is 0 Å². The van der Waals surface area contributed by atoms with Crippen LogP contribution in [-0.2, 0) is 4.79 Å². The Bertz CT molecular complexity index is 490. The molecule has 2 atom stereocenters. The van der Waals surface area contributed by atoms with Gasteiger partial charge in [0.2, 0.25) is 5.91 Å². The van der Waals surface area contributed by atoms with Crippen molar-refractivity contribution in [2.24, 2.45) is 0 Å². The van der Waals surface area contributed by atoms with Gasteiger partial charge in [-0.1, -0.05) is 37.3 Å². The molecule has 4 heteroatoms. The maximum absolute atomic E-state index is 12.1. The summed E-state index contributed by atoms with van der Waals surface area (Å²) in [6.07, 6.45) is 2.35. The van der Waals surface area contributed by atoms with Crippen LogP contribution in [0, 0.1) is 0 Å². The second-order valence-electron chi connectivity index (χ2n) is 6.63. The lowest BCUT2D eigenvalue weighted by Gasteiger charge is -2.41. The zero-order valence-corrected chi connectivity index (χ0v) is 13.5. The smallest absolute Gasteiger partial charge is 0.236 e. The molecule has 0 saturated carbocycles. The number of piperidine rings is 1. The Labute approximate surface area is 133 Å². The van der Waals surface area contributed by atoms with E-state index in [0.717, 1.165) is 39.1 Å². The number of nitrogens with zero attached hydrogens (tertiary/aromatic N) is 2. The fourth-order valence-corrected chi connectivity index (χ4v) is 3.73. The molecule has 3 rings (SSSR count). The number of carbonyl (C=O) groups is 1. The zero-order valence-electron chi connectivity index (χ0n) is 13.5. The molecule has 1 amide bonds. The highest BCUT2D eigenvalue weighted by molar-refractivity contribution is 5.79. The van der Waals surface area contributed by atoms with Gasteiger partial charge in [-0.3, -0.25) is 4.79 Å². The molecule has 4 nitrogen and oxygen atoms in total. The van der Waals surface area contributed by atoms with E-state index < -0.39 is 0 Å².